The largest absolute Gasteiger partial charge is 0.483 e. The molecule has 3 rings (SSSR count). The van der Waals surface area contributed by atoms with Gasteiger partial charge in [-0.25, -0.2) is 4.98 Å². The second-order valence-electron chi connectivity index (χ2n) is 4.85. The van der Waals surface area contributed by atoms with E-state index >= 15 is 0 Å². The van der Waals surface area contributed by atoms with Gasteiger partial charge in [0, 0.05) is 17.4 Å². The molecule has 0 aliphatic carbocycles. The van der Waals surface area contributed by atoms with Gasteiger partial charge >= 0.3 is 0 Å². The minimum atomic E-state index is -0.551. The molecule has 0 saturated carbocycles. The van der Waals surface area contributed by atoms with E-state index in [0.717, 1.165) is 5.76 Å². The highest BCUT2D eigenvalue weighted by Gasteiger charge is 2.14. The number of benzene rings is 1. The van der Waals surface area contributed by atoms with E-state index in [2.05, 4.69) is 4.98 Å². The predicted octanol–water partition coefficient (Wildman–Crippen LogP) is 2.71. The Bertz CT molecular complexity index is 812. The van der Waals surface area contributed by atoms with Gasteiger partial charge in [0.1, 0.15) is 17.3 Å². The maximum Gasteiger partial charge on any atom is 0.255 e. The van der Waals surface area contributed by atoms with E-state index in [1.165, 1.54) is 0 Å². The molecule has 1 amide bonds. The maximum atomic E-state index is 11.0. The lowest BCUT2D eigenvalue weighted by Gasteiger charge is -2.12. The van der Waals surface area contributed by atoms with Crippen molar-refractivity contribution in [1.82, 2.24) is 9.55 Å². The summed E-state index contributed by atoms with van der Waals surface area (Å²) in [7, 11) is 0. The first-order valence-electron chi connectivity index (χ1n) is 6.88. The first kappa shape index (κ1) is 15.2. The molecule has 3 aromatic rings. The van der Waals surface area contributed by atoms with E-state index < -0.39 is 5.91 Å². The SMILES string of the molecule is NC(=O)COc1ccc(Cl)cc1-c1nccn1Cc1ccco1. The summed E-state index contributed by atoms with van der Waals surface area (Å²) in [5, 5.41) is 0.541. The van der Waals surface area contributed by atoms with Crippen molar-refractivity contribution in [3.05, 3.63) is 59.8 Å². The van der Waals surface area contributed by atoms with Gasteiger partial charge < -0.3 is 19.5 Å². The lowest BCUT2D eigenvalue weighted by atomic mass is 10.2. The molecule has 2 aromatic heterocycles. The van der Waals surface area contributed by atoms with Gasteiger partial charge in [0.15, 0.2) is 6.61 Å². The number of primary amides is 1. The molecular weight excluding hydrogens is 318 g/mol. The Kier molecular flexibility index (Phi) is 4.34. The molecule has 0 fully saturated rings. The summed E-state index contributed by atoms with van der Waals surface area (Å²) in [6.45, 7) is 0.303. The highest BCUT2D eigenvalue weighted by atomic mass is 35.5. The normalized spacial score (nSPS) is 10.7. The van der Waals surface area contributed by atoms with Crippen LogP contribution in [0.2, 0.25) is 5.02 Å². The third-order valence-corrected chi connectivity index (χ3v) is 3.41. The van der Waals surface area contributed by atoms with Gasteiger partial charge in [0.25, 0.3) is 5.91 Å². The Hall–Kier alpha value is -2.73. The van der Waals surface area contributed by atoms with Crippen LogP contribution in [0.3, 0.4) is 0 Å². The van der Waals surface area contributed by atoms with Crippen molar-refractivity contribution >= 4 is 17.5 Å². The quantitative estimate of drug-likeness (QED) is 0.752. The van der Waals surface area contributed by atoms with Gasteiger partial charge in [-0.3, -0.25) is 4.79 Å². The van der Waals surface area contributed by atoms with Gasteiger partial charge in [-0.2, -0.15) is 0 Å². The number of aromatic nitrogens is 2. The maximum absolute atomic E-state index is 11.0. The van der Waals surface area contributed by atoms with Crippen LogP contribution in [0.4, 0.5) is 0 Å². The lowest BCUT2D eigenvalue weighted by molar-refractivity contribution is -0.119. The Morgan fingerprint density at radius 3 is 3.00 bits per heavy atom. The average molecular weight is 332 g/mol. The minimum absolute atomic E-state index is 0.215. The second kappa shape index (κ2) is 6.58. The molecule has 23 heavy (non-hydrogen) atoms. The molecule has 0 atom stereocenters. The first-order valence-corrected chi connectivity index (χ1v) is 7.26. The Morgan fingerprint density at radius 1 is 1.39 bits per heavy atom. The zero-order valence-electron chi connectivity index (χ0n) is 12.1. The Labute approximate surface area is 137 Å². The lowest BCUT2D eigenvalue weighted by Crippen LogP contribution is -2.20. The molecule has 7 heteroatoms. The van der Waals surface area contributed by atoms with Crippen LogP contribution in [0, 0.1) is 0 Å². The topological polar surface area (TPSA) is 83.3 Å². The minimum Gasteiger partial charge on any atom is -0.483 e. The number of carbonyl (C=O) groups is 1. The number of hydrogen-bond donors (Lipinski definition) is 1. The molecule has 118 valence electrons. The van der Waals surface area contributed by atoms with Crippen molar-refractivity contribution in [3.63, 3.8) is 0 Å². The number of halogens is 1. The molecule has 2 heterocycles. The second-order valence-corrected chi connectivity index (χ2v) is 5.29. The molecule has 0 radical (unpaired) electrons. The van der Waals surface area contributed by atoms with Crippen LogP contribution >= 0.6 is 11.6 Å². The van der Waals surface area contributed by atoms with E-state index in [9.17, 15) is 4.79 Å². The highest BCUT2D eigenvalue weighted by molar-refractivity contribution is 6.30. The third-order valence-electron chi connectivity index (χ3n) is 3.17. The van der Waals surface area contributed by atoms with Crippen LogP contribution in [-0.2, 0) is 11.3 Å². The van der Waals surface area contributed by atoms with Crippen molar-refractivity contribution in [1.29, 1.82) is 0 Å². The smallest absolute Gasteiger partial charge is 0.255 e. The molecule has 0 bridgehead atoms. The molecule has 0 aliphatic rings. The number of amides is 1. The van der Waals surface area contributed by atoms with Crippen molar-refractivity contribution in [3.8, 4) is 17.1 Å². The highest BCUT2D eigenvalue weighted by Crippen LogP contribution is 2.32. The van der Waals surface area contributed by atoms with Crippen LogP contribution in [0.5, 0.6) is 5.75 Å². The number of imidazole rings is 1. The summed E-state index contributed by atoms with van der Waals surface area (Å²) in [6, 6.07) is 8.81. The summed E-state index contributed by atoms with van der Waals surface area (Å²) >= 11 is 6.09. The zero-order chi connectivity index (χ0) is 16.2. The van der Waals surface area contributed by atoms with Gasteiger partial charge in [-0.1, -0.05) is 11.6 Å². The van der Waals surface area contributed by atoms with Crippen LogP contribution in [0.15, 0.2) is 53.4 Å². The number of ether oxygens (including phenoxy) is 1. The molecule has 0 spiro atoms. The fourth-order valence-corrected chi connectivity index (χ4v) is 2.38. The van der Waals surface area contributed by atoms with Crippen molar-refractivity contribution in [2.45, 2.75) is 6.54 Å². The number of carbonyl (C=O) groups excluding carboxylic acids is 1. The zero-order valence-corrected chi connectivity index (χ0v) is 12.9. The first-order chi connectivity index (χ1) is 11.1. The van der Waals surface area contributed by atoms with E-state index in [-0.39, 0.29) is 6.61 Å². The number of furan rings is 1. The van der Waals surface area contributed by atoms with Gasteiger partial charge in [0.2, 0.25) is 0 Å². The molecule has 0 aliphatic heterocycles. The summed E-state index contributed by atoms with van der Waals surface area (Å²) < 4.78 is 12.7. The molecule has 2 N–H and O–H groups in total. The third kappa shape index (κ3) is 3.54. The standard InChI is InChI=1S/C16H14ClN3O3/c17-11-3-4-14(23-10-15(18)21)13(8-11)16-19-5-6-20(16)9-12-2-1-7-22-12/h1-8H,9-10H2,(H2,18,21). The van der Waals surface area contributed by atoms with Crippen LogP contribution < -0.4 is 10.5 Å². The molecular formula is C16H14ClN3O3. The fraction of sp³-hybridized carbons (Fsp3) is 0.125. The predicted molar refractivity (Wildman–Crippen MR) is 85.2 cm³/mol. The summed E-state index contributed by atoms with van der Waals surface area (Å²) in [5.41, 5.74) is 5.81. The summed E-state index contributed by atoms with van der Waals surface area (Å²) in [6.07, 6.45) is 5.13. The molecule has 0 saturated heterocycles. The fourth-order valence-electron chi connectivity index (χ4n) is 2.20. The molecule has 0 unspecified atom stereocenters. The van der Waals surface area contributed by atoms with Crippen LogP contribution in [0.25, 0.3) is 11.4 Å². The number of hydrogen-bond acceptors (Lipinski definition) is 4. The van der Waals surface area contributed by atoms with Gasteiger partial charge in [-0.05, 0) is 30.3 Å². The average Bonchev–Trinajstić information content (AvgIpc) is 3.18. The number of rotatable bonds is 6. The molecule has 1 aromatic carbocycles. The van der Waals surface area contributed by atoms with E-state index in [1.807, 2.05) is 22.9 Å². The molecule has 6 nitrogen and oxygen atoms in total. The van der Waals surface area contributed by atoms with Crippen LogP contribution in [0.1, 0.15) is 5.76 Å². The van der Waals surface area contributed by atoms with Crippen LogP contribution in [-0.4, -0.2) is 22.1 Å². The van der Waals surface area contributed by atoms with Crippen molar-refractivity contribution < 1.29 is 13.9 Å². The number of nitrogens with zero attached hydrogens (tertiary/aromatic N) is 2. The van der Waals surface area contributed by atoms with Gasteiger partial charge in [-0.15, -0.1) is 0 Å². The Morgan fingerprint density at radius 2 is 2.26 bits per heavy atom. The summed E-state index contributed by atoms with van der Waals surface area (Å²) in [4.78, 5) is 15.3. The number of nitrogens with two attached hydrogens (primary N) is 1. The Balaban J connectivity index is 1.96. The summed E-state index contributed by atoms with van der Waals surface area (Å²) in [5.74, 6) is 1.39. The van der Waals surface area contributed by atoms with E-state index in [1.54, 1.807) is 30.7 Å². The van der Waals surface area contributed by atoms with Crippen molar-refractivity contribution in [2.75, 3.05) is 6.61 Å². The van der Waals surface area contributed by atoms with Gasteiger partial charge in [0.05, 0.1) is 18.4 Å². The monoisotopic (exact) mass is 331 g/mol. The van der Waals surface area contributed by atoms with Crippen molar-refractivity contribution in [2.24, 2.45) is 5.73 Å². The van der Waals surface area contributed by atoms with E-state index in [4.69, 9.17) is 26.5 Å². The van der Waals surface area contributed by atoms with E-state index in [0.29, 0.717) is 28.7 Å².